The van der Waals surface area contributed by atoms with Crippen molar-refractivity contribution in [2.24, 2.45) is 0 Å². The molecule has 0 aliphatic carbocycles. The Morgan fingerprint density at radius 1 is 1.27 bits per heavy atom. The van der Waals surface area contributed by atoms with Crippen molar-refractivity contribution in [3.63, 3.8) is 0 Å². The van der Waals surface area contributed by atoms with Crippen LogP contribution in [0.15, 0.2) is 16.6 Å². The van der Waals surface area contributed by atoms with Crippen LogP contribution in [0.2, 0.25) is 0 Å². The van der Waals surface area contributed by atoms with Crippen molar-refractivity contribution >= 4 is 27.5 Å². The van der Waals surface area contributed by atoms with Crippen molar-refractivity contribution in [2.75, 3.05) is 0 Å². The molecule has 0 N–H and O–H groups in total. The monoisotopic (exact) mass is 240 g/mol. The highest BCUT2D eigenvalue weighted by atomic mass is 79.9. The van der Waals surface area contributed by atoms with Gasteiger partial charge in [0.05, 0.1) is 10.4 Å². The molecule has 0 atom stereocenters. The molecule has 0 spiro atoms. The summed E-state index contributed by atoms with van der Waals surface area (Å²) < 4.78 is 25.5. The van der Waals surface area contributed by atoms with E-state index in [2.05, 4.69) is 15.9 Å². The minimum absolute atomic E-state index is 0.0375. The van der Waals surface area contributed by atoms with Gasteiger partial charge in [0.15, 0.2) is 0 Å². The van der Waals surface area contributed by atoms with Crippen LogP contribution >= 0.6 is 27.5 Å². The first-order valence-electron chi connectivity index (χ1n) is 2.85. The van der Waals surface area contributed by atoms with E-state index in [1.54, 1.807) is 0 Å². The molecule has 0 unspecified atom stereocenters. The summed E-state index contributed by atoms with van der Waals surface area (Å²) in [6.45, 7) is 0. The summed E-state index contributed by atoms with van der Waals surface area (Å²) in [6.07, 6.45) is 0. The first kappa shape index (κ1) is 8.94. The van der Waals surface area contributed by atoms with Gasteiger partial charge in [0.2, 0.25) is 0 Å². The van der Waals surface area contributed by atoms with Crippen molar-refractivity contribution in [1.82, 2.24) is 0 Å². The zero-order chi connectivity index (χ0) is 8.43. The second-order valence-corrected chi connectivity index (χ2v) is 3.02. The van der Waals surface area contributed by atoms with E-state index in [0.717, 1.165) is 12.1 Å². The van der Waals surface area contributed by atoms with Crippen molar-refractivity contribution in [3.05, 3.63) is 33.8 Å². The van der Waals surface area contributed by atoms with E-state index >= 15 is 0 Å². The largest absolute Gasteiger partial charge is 0.207 e. The van der Waals surface area contributed by atoms with E-state index in [1.165, 1.54) is 0 Å². The fourth-order valence-electron chi connectivity index (χ4n) is 0.692. The molecule has 0 fully saturated rings. The normalized spacial score (nSPS) is 10.2. The summed E-state index contributed by atoms with van der Waals surface area (Å²) >= 11 is 8.26. The van der Waals surface area contributed by atoms with Crippen LogP contribution < -0.4 is 0 Å². The fraction of sp³-hybridized carbons (Fsp3) is 0.143. The third-order valence-corrected chi connectivity index (χ3v) is 2.40. The van der Waals surface area contributed by atoms with Gasteiger partial charge in [0, 0.05) is 5.56 Å². The Morgan fingerprint density at radius 2 is 1.82 bits per heavy atom. The van der Waals surface area contributed by atoms with Crippen LogP contribution in [0, 0.1) is 11.6 Å². The number of hydrogen-bond donors (Lipinski definition) is 0. The molecule has 1 aromatic rings. The van der Waals surface area contributed by atoms with Gasteiger partial charge in [-0.1, -0.05) is 0 Å². The van der Waals surface area contributed by atoms with Gasteiger partial charge in [-0.15, -0.1) is 11.6 Å². The van der Waals surface area contributed by atoms with Gasteiger partial charge >= 0.3 is 0 Å². The Balaban J connectivity index is 3.29. The number of alkyl halides is 1. The smallest absolute Gasteiger partial charge is 0.137 e. The molecule has 0 aliphatic rings. The molecule has 1 aromatic carbocycles. The van der Waals surface area contributed by atoms with Gasteiger partial charge in [-0.2, -0.15) is 0 Å². The molecule has 0 saturated carbocycles. The fourth-order valence-corrected chi connectivity index (χ4v) is 1.58. The zero-order valence-electron chi connectivity index (χ0n) is 5.37. The molecule has 0 heterocycles. The van der Waals surface area contributed by atoms with Crippen LogP contribution in [0.4, 0.5) is 8.78 Å². The molecule has 0 bridgehead atoms. The molecule has 11 heavy (non-hydrogen) atoms. The van der Waals surface area contributed by atoms with Crippen LogP contribution in [-0.2, 0) is 5.88 Å². The van der Waals surface area contributed by atoms with Gasteiger partial charge in [-0.05, 0) is 28.1 Å². The Labute approximate surface area is 76.3 Å². The Hall–Kier alpha value is -0.150. The highest BCUT2D eigenvalue weighted by molar-refractivity contribution is 9.10. The molecule has 1 rings (SSSR count). The highest BCUT2D eigenvalue weighted by Crippen LogP contribution is 2.24. The molecular formula is C7H4BrClF2. The maximum absolute atomic E-state index is 12.7. The standard InChI is InChI=1S/C7H4BrClF2/c8-7-4(3-9)5(10)1-2-6(7)11/h1-2H,3H2. The average molecular weight is 241 g/mol. The van der Waals surface area contributed by atoms with Gasteiger partial charge in [-0.25, -0.2) is 8.78 Å². The third kappa shape index (κ3) is 1.71. The summed E-state index contributed by atoms with van der Waals surface area (Å²) in [7, 11) is 0. The van der Waals surface area contributed by atoms with E-state index in [4.69, 9.17) is 11.6 Å². The molecule has 0 aliphatic heterocycles. The summed E-state index contributed by atoms with van der Waals surface area (Å²) in [6, 6.07) is 2.10. The average Bonchev–Trinajstić information content (AvgIpc) is 1.99. The van der Waals surface area contributed by atoms with Crippen molar-refractivity contribution in [2.45, 2.75) is 5.88 Å². The predicted octanol–water partition coefficient (Wildman–Crippen LogP) is 3.47. The lowest BCUT2D eigenvalue weighted by molar-refractivity contribution is 0.585. The van der Waals surface area contributed by atoms with Gasteiger partial charge in [0.25, 0.3) is 0 Å². The molecule has 0 nitrogen and oxygen atoms in total. The number of benzene rings is 1. The maximum atomic E-state index is 12.7. The van der Waals surface area contributed by atoms with E-state index in [0.29, 0.717) is 0 Å². The summed E-state index contributed by atoms with van der Waals surface area (Å²) in [5, 5.41) is 0. The molecule has 0 aromatic heterocycles. The SMILES string of the molecule is Fc1ccc(F)c(CCl)c1Br. The third-order valence-electron chi connectivity index (χ3n) is 1.27. The van der Waals surface area contributed by atoms with Crippen LogP contribution in [0.5, 0.6) is 0 Å². The molecule has 0 amide bonds. The molecule has 4 heteroatoms. The number of rotatable bonds is 1. The summed E-state index contributed by atoms with van der Waals surface area (Å²) in [5.41, 5.74) is 0.159. The second-order valence-electron chi connectivity index (χ2n) is 1.96. The van der Waals surface area contributed by atoms with Crippen LogP contribution in [0.3, 0.4) is 0 Å². The minimum Gasteiger partial charge on any atom is -0.207 e. The second kappa shape index (κ2) is 3.50. The van der Waals surface area contributed by atoms with Crippen molar-refractivity contribution in [3.8, 4) is 0 Å². The lowest BCUT2D eigenvalue weighted by atomic mass is 10.2. The lowest BCUT2D eigenvalue weighted by Crippen LogP contribution is -1.90. The number of hydrogen-bond acceptors (Lipinski definition) is 0. The predicted molar refractivity (Wildman–Crippen MR) is 43.6 cm³/mol. The highest BCUT2D eigenvalue weighted by Gasteiger charge is 2.09. The van der Waals surface area contributed by atoms with E-state index in [1.807, 2.05) is 0 Å². The summed E-state index contributed by atoms with van der Waals surface area (Å²) in [5.74, 6) is -1.03. The van der Waals surface area contributed by atoms with Gasteiger partial charge < -0.3 is 0 Å². The van der Waals surface area contributed by atoms with E-state index < -0.39 is 11.6 Å². The molecule has 60 valence electrons. The topological polar surface area (TPSA) is 0 Å². The Kier molecular flexibility index (Phi) is 2.84. The molecule has 0 radical (unpaired) electrons. The quantitative estimate of drug-likeness (QED) is 0.522. The summed E-state index contributed by atoms with van der Waals surface area (Å²) in [4.78, 5) is 0. The minimum atomic E-state index is -0.498. The first-order valence-corrected chi connectivity index (χ1v) is 4.18. The van der Waals surface area contributed by atoms with Crippen LogP contribution in [0.25, 0.3) is 0 Å². The zero-order valence-corrected chi connectivity index (χ0v) is 7.72. The maximum Gasteiger partial charge on any atom is 0.137 e. The van der Waals surface area contributed by atoms with Crippen LogP contribution in [-0.4, -0.2) is 0 Å². The van der Waals surface area contributed by atoms with Crippen molar-refractivity contribution < 1.29 is 8.78 Å². The lowest BCUT2D eigenvalue weighted by Gasteiger charge is -2.01. The Morgan fingerprint density at radius 3 is 2.27 bits per heavy atom. The van der Waals surface area contributed by atoms with Gasteiger partial charge in [0.1, 0.15) is 11.6 Å². The Bertz CT molecular complexity index is 275. The van der Waals surface area contributed by atoms with E-state index in [-0.39, 0.29) is 15.9 Å². The number of halogens is 4. The van der Waals surface area contributed by atoms with Crippen LogP contribution in [0.1, 0.15) is 5.56 Å². The first-order chi connectivity index (χ1) is 5.16. The molecular weight excluding hydrogens is 237 g/mol. The molecule has 0 saturated heterocycles. The van der Waals surface area contributed by atoms with Gasteiger partial charge in [-0.3, -0.25) is 0 Å². The van der Waals surface area contributed by atoms with E-state index in [9.17, 15) is 8.78 Å². The van der Waals surface area contributed by atoms with Crippen molar-refractivity contribution in [1.29, 1.82) is 0 Å².